The summed E-state index contributed by atoms with van der Waals surface area (Å²) < 4.78 is 39.5. The van der Waals surface area contributed by atoms with E-state index in [9.17, 15) is 18.0 Å². The van der Waals surface area contributed by atoms with E-state index in [4.69, 9.17) is 5.73 Å². The Morgan fingerprint density at radius 2 is 2.11 bits per heavy atom. The Bertz CT molecular complexity index is 348. The number of rotatable bonds is 3. The molecule has 0 aromatic rings. The van der Waals surface area contributed by atoms with Crippen LogP contribution in [0.3, 0.4) is 0 Å². The molecular formula is C12H20F3N3O. The molecule has 2 N–H and O–H groups in total. The predicted octanol–water partition coefficient (Wildman–Crippen LogP) is 0.961. The standard InChI is InChI=1S/C12H20F3N3O/c1-2-9(16)11(12(13,14)15)17-5-6-18-8(7-17)3-4-10(18)19/h8-9,11H,2-7,16H2,1H3. The molecule has 2 saturated heterocycles. The van der Waals surface area contributed by atoms with Crippen LogP contribution in [0.5, 0.6) is 0 Å². The van der Waals surface area contributed by atoms with Crippen LogP contribution >= 0.6 is 0 Å². The lowest BCUT2D eigenvalue weighted by atomic mass is 10.0. The zero-order valence-electron chi connectivity index (χ0n) is 11.0. The van der Waals surface area contributed by atoms with E-state index in [0.717, 1.165) is 0 Å². The average molecular weight is 279 g/mol. The van der Waals surface area contributed by atoms with Gasteiger partial charge < -0.3 is 10.6 Å². The zero-order chi connectivity index (χ0) is 14.2. The van der Waals surface area contributed by atoms with Gasteiger partial charge in [-0.2, -0.15) is 13.2 Å². The number of carbonyl (C=O) groups is 1. The molecule has 19 heavy (non-hydrogen) atoms. The van der Waals surface area contributed by atoms with Crippen LogP contribution in [-0.2, 0) is 4.79 Å². The number of nitrogens with zero attached hydrogens (tertiary/aromatic N) is 2. The Kier molecular flexibility index (Phi) is 4.06. The minimum absolute atomic E-state index is 0.0630. The fourth-order valence-corrected chi connectivity index (χ4v) is 3.08. The van der Waals surface area contributed by atoms with E-state index in [1.807, 2.05) is 0 Å². The topological polar surface area (TPSA) is 49.6 Å². The number of nitrogens with two attached hydrogens (primary N) is 1. The molecule has 2 aliphatic rings. The van der Waals surface area contributed by atoms with E-state index in [-0.39, 0.29) is 31.5 Å². The highest BCUT2D eigenvalue weighted by molar-refractivity contribution is 5.78. The molecule has 0 spiro atoms. The van der Waals surface area contributed by atoms with Gasteiger partial charge in [-0.25, -0.2) is 0 Å². The molecule has 2 heterocycles. The van der Waals surface area contributed by atoms with Crippen molar-refractivity contribution in [3.63, 3.8) is 0 Å². The largest absolute Gasteiger partial charge is 0.405 e. The van der Waals surface area contributed by atoms with Crippen molar-refractivity contribution in [2.75, 3.05) is 19.6 Å². The first-order valence-corrected chi connectivity index (χ1v) is 6.70. The third-order valence-electron chi connectivity index (χ3n) is 4.13. The zero-order valence-corrected chi connectivity index (χ0v) is 11.0. The fourth-order valence-electron chi connectivity index (χ4n) is 3.08. The van der Waals surface area contributed by atoms with Crippen molar-refractivity contribution < 1.29 is 18.0 Å². The van der Waals surface area contributed by atoms with Gasteiger partial charge in [-0.3, -0.25) is 9.69 Å². The first-order valence-electron chi connectivity index (χ1n) is 6.70. The van der Waals surface area contributed by atoms with E-state index in [0.29, 0.717) is 19.4 Å². The maximum absolute atomic E-state index is 13.2. The van der Waals surface area contributed by atoms with Crippen molar-refractivity contribution in [1.82, 2.24) is 9.80 Å². The van der Waals surface area contributed by atoms with E-state index in [1.165, 1.54) is 4.90 Å². The highest BCUT2D eigenvalue weighted by Gasteiger charge is 2.49. The van der Waals surface area contributed by atoms with Crippen LogP contribution < -0.4 is 5.73 Å². The quantitative estimate of drug-likeness (QED) is 0.837. The SMILES string of the molecule is CCC(N)C(N1CCN2C(=O)CCC2C1)C(F)(F)F. The number of carbonyl (C=O) groups excluding carboxylic acids is 1. The second-order valence-corrected chi connectivity index (χ2v) is 5.33. The molecule has 3 unspecified atom stereocenters. The van der Waals surface area contributed by atoms with Gasteiger partial charge in [0.15, 0.2) is 0 Å². The Labute approximate surface area is 110 Å². The van der Waals surface area contributed by atoms with Gasteiger partial charge >= 0.3 is 6.18 Å². The van der Waals surface area contributed by atoms with Gasteiger partial charge in [0, 0.05) is 38.1 Å². The molecule has 1 amide bonds. The molecule has 0 radical (unpaired) electrons. The lowest BCUT2D eigenvalue weighted by molar-refractivity contribution is -0.195. The van der Waals surface area contributed by atoms with E-state index >= 15 is 0 Å². The van der Waals surface area contributed by atoms with Crippen molar-refractivity contribution >= 4 is 5.91 Å². The summed E-state index contributed by atoms with van der Waals surface area (Å²) in [6, 6.07) is -2.59. The van der Waals surface area contributed by atoms with Crippen molar-refractivity contribution in [2.24, 2.45) is 5.73 Å². The lowest BCUT2D eigenvalue weighted by Gasteiger charge is -2.43. The number of alkyl halides is 3. The minimum atomic E-state index is -4.32. The van der Waals surface area contributed by atoms with Crippen LogP contribution in [-0.4, -0.2) is 59.6 Å². The highest BCUT2D eigenvalue weighted by Crippen LogP contribution is 2.31. The molecular weight excluding hydrogens is 259 g/mol. The molecule has 3 atom stereocenters. The maximum atomic E-state index is 13.2. The van der Waals surface area contributed by atoms with E-state index in [2.05, 4.69) is 0 Å². The minimum Gasteiger partial charge on any atom is -0.337 e. The Hall–Kier alpha value is -0.820. The van der Waals surface area contributed by atoms with Gasteiger partial charge in [-0.15, -0.1) is 0 Å². The first kappa shape index (κ1) is 14.6. The number of amides is 1. The number of fused-ring (bicyclic) bond motifs is 1. The number of piperazine rings is 1. The Morgan fingerprint density at radius 1 is 1.42 bits per heavy atom. The van der Waals surface area contributed by atoms with E-state index < -0.39 is 18.3 Å². The van der Waals surface area contributed by atoms with E-state index in [1.54, 1.807) is 11.8 Å². The third-order valence-corrected chi connectivity index (χ3v) is 4.13. The number of hydrogen-bond donors (Lipinski definition) is 1. The van der Waals surface area contributed by atoms with Crippen LogP contribution in [0.4, 0.5) is 13.2 Å². The molecule has 0 aromatic carbocycles. The molecule has 2 aliphatic heterocycles. The second-order valence-electron chi connectivity index (χ2n) is 5.33. The summed E-state index contributed by atoms with van der Waals surface area (Å²) in [5.74, 6) is 0.0630. The molecule has 0 saturated carbocycles. The lowest BCUT2D eigenvalue weighted by Crippen LogP contribution is -2.62. The van der Waals surface area contributed by atoms with Crippen molar-refractivity contribution in [3.8, 4) is 0 Å². The summed E-state index contributed by atoms with van der Waals surface area (Å²) in [7, 11) is 0. The van der Waals surface area contributed by atoms with Gasteiger partial charge in [0.2, 0.25) is 5.91 Å². The maximum Gasteiger partial charge on any atom is 0.405 e. The molecule has 0 aliphatic carbocycles. The average Bonchev–Trinajstić information content (AvgIpc) is 2.69. The smallest absolute Gasteiger partial charge is 0.337 e. The van der Waals surface area contributed by atoms with Crippen LogP contribution in [0.25, 0.3) is 0 Å². The Morgan fingerprint density at radius 3 is 2.68 bits per heavy atom. The van der Waals surface area contributed by atoms with Gasteiger partial charge in [0.05, 0.1) is 0 Å². The molecule has 4 nitrogen and oxygen atoms in total. The van der Waals surface area contributed by atoms with Crippen LogP contribution in [0.15, 0.2) is 0 Å². The Balaban J connectivity index is 2.10. The summed E-state index contributed by atoms with van der Waals surface area (Å²) >= 11 is 0. The second kappa shape index (κ2) is 5.28. The first-order chi connectivity index (χ1) is 8.84. The summed E-state index contributed by atoms with van der Waals surface area (Å²) in [6.07, 6.45) is -2.93. The van der Waals surface area contributed by atoms with Crippen LogP contribution in [0.1, 0.15) is 26.2 Å². The van der Waals surface area contributed by atoms with Crippen LogP contribution in [0.2, 0.25) is 0 Å². The van der Waals surface area contributed by atoms with Gasteiger partial charge in [0.25, 0.3) is 0 Å². The fraction of sp³-hybridized carbons (Fsp3) is 0.917. The van der Waals surface area contributed by atoms with Crippen LogP contribution in [0, 0.1) is 0 Å². The molecule has 2 rings (SSSR count). The molecule has 110 valence electrons. The van der Waals surface area contributed by atoms with Crippen molar-refractivity contribution in [2.45, 2.75) is 50.5 Å². The molecule has 0 bridgehead atoms. The molecule has 0 aromatic heterocycles. The predicted molar refractivity (Wildman–Crippen MR) is 64.4 cm³/mol. The monoisotopic (exact) mass is 279 g/mol. The molecule has 2 fully saturated rings. The third kappa shape index (κ3) is 2.86. The summed E-state index contributed by atoms with van der Waals surface area (Å²) in [6.45, 7) is 2.58. The summed E-state index contributed by atoms with van der Waals surface area (Å²) in [5, 5.41) is 0. The summed E-state index contributed by atoms with van der Waals surface area (Å²) in [4.78, 5) is 14.7. The highest BCUT2D eigenvalue weighted by atomic mass is 19.4. The number of hydrogen-bond acceptors (Lipinski definition) is 3. The van der Waals surface area contributed by atoms with Crippen molar-refractivity contribution in [1.29, 1.82) is 0 Å². The van der Waals surface area contributed by atoms with Crippen molar-refractivity contribution in [3.05, 3.63) is 0 Å². The number of halogens is 3. The van der Waals surface area contributed by atoms with Gasteiger partial charge in [-0.1, -0.05) is 6.92 Å². The van der Waals surface area contributed by atoms with Gasteiger partial charge in [-0.05, 0) is 12.8 Å². The molecule has 7 heteroatoms. The summed E-state index contributed by atoms with van der Waals surface area (Å²) in [5.41, 5.74) is 5.66. The normalized spacial score (nSPS) is 28.4. The van der Waals surface area contributed by atoms with Gasteiger partial charge in [0.1, 0.15) is 6.04 Å².